The lowest BCUT2D eigenvalue weighted by molar-refractivity contribution is 0.628. The van der Waals surface area contributed by atoms with E-state index in [9.17, 15) is 4.39 Å². The first kappa shape index (κ1) is 11.3. The van der Waals surface area contributed by atoms with Crippen LogP contribution in [0.5, 0.6) is 0 Å². The topological polar surface area (TPSA) is 0 Å². The summed E-state index contributed by atoms with van der Waals surface area (Å²) in [6.45, 7) is 4.02. The second-order valence-electron chi connectivity index (χ2n) is 3.92. The molecule has 0 nitrogen and oxygen atoms in total. The molecule has 0 unspecified atom stereocenters. The van der Waals surface area contributed by atoms with Gasteiger partial charge in [0.1, 0.15) is 5.82 Å². The maximum atomic E-state index is 13.2. The van der Waals surface area contributed by atoms with Crippen LogP contribution in [0, 0.1) is 19.7 Å². The van der Waals surface area contributed by atoms with Crippen molar-refractivity contribution in [1.29, 1.82) is 0 Å². The third-order valence-electron chi connectivity index (χ3n) is 2.67. The minimum atomic E-state index is -0.193. The Morgan fingerprint density at radius 2 is 1.69 bits per heavy atom. The van der Waals surface area contributed by atoms with Crippen molar-refractivity contribution in [3.63, 3.8) is 0 Å². The van der Waals surface area contributed by atoms with Gasteiger partial charge in [0.05, 0.1) is 0 Å². The molecule has 0 aliphatic rings. The van der Waals surface area contributed by atoms with Crippen molar-refractivity contribution in [1.82, 2.24) is 0 Å². The van der Waals surface area contributed by atoms with E-state index in [1.807, 2.05) is 32.0 Å². The highest BCUT2D eigenvalue weighted by molar-refractivity contribution is 9.10. The van der Waals surface area contributed by atoms with Crippen LogP contribution in [0.25, 0.3) is 11.1 Å². The second kappa shape index (κ2) is 4.38. The summed E-state index contributed by atoms with van der Waals surface area (Å²) < 4.78 is 14.3. The molecule has 0 radical (unpaired) electrons. The number of aryl methyl sites for hydroxylation is 2. The quantitative estimate of drug-likeness (QED) is 0.698. The summed E-state index contributed by atoms with van der Waals surface area (Å²) in [5, 5.41) is 0. The largest absolute Gasteiger partial charge is 0.207 e. The molecule has 2 heteroatoms. The molecule has 82 valence electrons. The van der Waals surface area contributed by atoms with Gasteiger partial charge in [-0.05, 0) is 54.3 Å². The molecule has 0 aliphatic heterocycles. The predicted molar refractivity (Wildman–Crippen MR) is 69.0 cm³/mol. The summed E-state index contributed by atoms with van der Waals surface area (Å²) in [7, 11) is 0. The molecule has 0 fully saturated rings. The summed E-state index contributed by atoms with van der Waals surface area (Å²) in [5.74, 6) is -0.193. The lowest BCUT2D eigenvalue weighted by Crippen LogP contribution is -1.86. The lowest BCUT2D eigenvalue weighted by atomic mass is 9.99. The third kappa shape index (κ3) is 2.17. The maximum absolute atomic E-state index is 13.2. The van der Waals surface area contributed by atoms with E-state index in [-0.39, 0.29) is 5.82 Å². The van der Waals surface area contributed by atoms with Crippen LogP contribution in [-0.2, 0) is 0 Å². The molecule has 0 spiro atoms. The number of benzene rings is 2. The van der Waals surface area contributed by atoms with Crippen LogP contribution in [0.1, 0.15) is 11.1 Å². The number of rotatable bonds is 1. The van der Waals surface area contributed by atoms with Crippen molar-refractivity contribution in [2.24, 2.45) is 0 Å². The molecule has 0 aromatic heterocycles. The van der Waals surface area contributed by atoms with Crippen LogP contribution in [0.4, 0.5) is 4.39 Å². The van der Waals surface area contributed by atoms with E-state index in [0.29, 0.717) is 0 Å². The van der Waals surface area contributed by atoms with Crippen LogP contribution in [0.2, 0.25) is 0 Å². The number of halogens is 2. The van der Waals surface area contributed by atoms with Gasteiger partial charge in [-0.25, -0.2) is 4.39 Å². The smallest absolute Gasteiger partial charge is 0.123 e. The Kier molecular flexibility index (Phi) is 3.10. The average Bonchev–Trinajstić information content (AvgIpc) is 2.26. The summed E-state index contributed by atoms with van der Waals surface area (Å²) >= 11 is 3.46. The van der Waals surface area contributed by atoms with Gasteiger partial charge in [0.25, 0.3) is 0 Å². The van der Waals surface area contributed by atoms with E-state index >= 15 is 0 Å². The first-order chi connectivity index (χ1) is 7.58. The molecular weight excluding hydrogens is 267 g/mol. The fraction of sp³-hybridized carbons (Fsp3) is 0.143. The normalized spacial score (nSPS) is 10.5. The highest BCUT2D eigenvalue weighted by atomic mass is 79.9. The molecule has 0 heterocycles. The van der Waals surface area contributed by atoms with Crippen molar-refractivity contribution in [3.8, 4) is 11.1 Å². The van der Waals surface area contributed by atoms with E-state index < -0.39 is 0 Å². The van der Waals surface area contributed by atoms with Gasteiger partial charge in [-0.2, -0.15) is 0 Å². The molecule has 16 heavy (non-hydrogen) atoms. The molecule has 0 aliphatic carbocycles. The van der Waals surface area contributed by atoms with Gasteiger partial charge >= 0.3 is 0 Å². The first-order valence-corrected chi connectivity index (χ1v) is 5.90. The fourth-order valence-electron chi connectivity index (χ4n) is 1.72. The Hall–Kier alpha value is -1.15. The van der Waals surface area contributed by atoms with Crippen molar-refractivity contribution in [2.45, 2.75) is 13.8 Å². The van der Waals surface area contributed by atoms with Gasteiger partial charge in [-0.15, -0.1) is 0 Å². The van der Waals surface area contributed by atoms with Gasteiger partial charge < -0.3 is 0 Å². The van der Waals surface area contributed by atoms with Gasteiger partial charge in [0.2, 0.25) is 0 Å². The fourth-order valence-corrected chi connectivity index (χ4v) is 1.96. The molecule has 2 aromatic carbocycles. The van der Waals surface area contributed by atoms with Crippen molar-refractivity contribution >= 4 is 15.9 Å². The Bertz CT molecular complexity index is 532. The summed E-state index contributed by atoms with van der Waals surface area (Å²) in [6, 6.07) is 10.9. The van der Waals surface area contributed by atoms with E-state index in [2.05, 4.69) is 22.0 Å². The average molecular weight is 279 g/mol. The number of hydrogen-bond acceptors (Lipinski definition) is 0. The Morgan fingerprint density at radius 3 is 2.38 bits per heavy atom. The SMILES string of the molecule is Cc1cc(-c2cc(F)ccc2C)ccc1Br. The van der Waals surface area contributed by atoms with E-state index in [0.717, 1.165) is 26.7 Å². The van der Waals surface area contributed by atoms with Gasteiger partial charge in [-0.1, -0.05) is 34.1 Å². The minimum Gasteiger partial charge on any atom is -0.207 e. The van der Waals surface area contributed by atoms with Crippen LogP contribution >= 0.6 is 15.9 Å². The monoisotopic (exact) mass is 278 g/mol. The standard InChI is InChI=1S/C14H12BrF/c1-9-3-5-12(16)8-13(9)11-4-6-14(15)10(2)7-11/h3-8H,1-2H3. The van der Waals surface area contributed by atoms with E-state index in [1.54, 1.807) is 6.07 Å². The zero-order valence-corrected chi connectivity index (χ0v) is 10.8. The molecule has 0 saturated carbocycles. The lowest BCUT2D eigenvalue weighted by Gasteiger charge is -2.08. The summed E-state index contributed by atoms with van der Waals surface area (Å²) in [6.07, 6.45) is 0. The molecule has 0 bridgehead atoms. The molecule has 0 saturated heterocycles. The van der Waals surface area contributed by atoms with Gasteiger partial charge in [-0.3, -0.25) is 0 Å². The molecule has 2 rings (SSSR count). The van der Waals surface area contributed by atoms with Gasteiger partial charge in [0, 0.05) is 4.47 Å². The van der Waals surface area contributed by atoms with Gasteiger partial charge in [0.15, 0.2) is 0 Å². The Morgan fingerprint density at radius 1 is 0.938 bits per heavy atom. The number of hydrogen-bond donors (Lipinski definition) is 0. The molecule has 0 N–H and O–H groups in total. The molecule has 0 atom stereocenters. The summed E-state index contributed by atoms with van der Waals surface area (Å²) in [5.41, 5.74) is 4.25. The van der Waals surface area contributed by atoms with E-state index in [4.69, 9.17) is 0 Å². The molecular formula is C14H12BrF. The summed E-state index contributed by atoms with van der Waals surface area (Å²) in [4.78, 5) is 0. The van der Waals surface area contributed by atoms with Crippen LogP contribution in [-0.4, -0.2) is 0 Å². The van der Waals surface area contributed by atoms with Crippen molar-refractivity contribution in [3.05, 3.63) is 57.8 Å². The molecule has 0 amide bonds. The van der Waals surface area contributed by atoms with Crippen LogP contribution in [0.3, 0.4) is 0 Å². The third-order valence-corrected chi connectivity index (χ3v) is 3.56. The van der Waals surface area contributed by atoms with Crippen molar-refractivity contribution < 1.29 is 4.39 Å². The Labute approximate surface area is 103 Å². The minimum absolute atomic E-state index is 0.193. The second-order valence-corrected chi connectivity index (χ2v) is 4.78. The highest BCUT2D eigenvalue weighted by Gasteiger charge is 2.04. The van der Waals surface area contributed by atoms with Crippen LogP contribution < -0.4 is 0 Å². The zero-order valence-electron chi connectivity index (χ0n) is 9.22. The first-order valence-electron chi connectivity index (χ1n) is 5.10. The predicted octanol–water partition coefficient (Wildman–Crippen LogP) is 4.87. The van der Waals surface area contributed by atoms with E-state index in [1.165, 1.54) is 6.07 Å². The Balaban J connectivity index is 2.58. The molecule has 2 aromatic rings. The maximum Gasteiger partial charge on any atom is 0.123 e. The zero-order chi connectivity index (χ0) is 11.7. The van der Waals surface area contributed by atoms with Crippen molar-refractivity contribution in [2.75, 3.05) is 0 Å². The highest BCUT2D eigenvalue weighted by Crippen LogP contribution is 2.27. The van der Waals surface area contributed by atoms with Crippen LogP contribution in [0.15, 0.2) is 40.9 Å².